The first kappa shape index (κ1) is 18.5. The van der Waals surface area contributed by atoms with E-state index in [-0.39, 0.29) is 12.5 Å². The molecule has 1 N–H and O–H groups in total. The van der Waals surface area contributed by atoms with E-state index in [4.69, 9.17) is 9.47 Å². The molecule has 146 valence electrons. The molecule has 0 atom stereocenters. The molecule has 4 saturated carbocycles. The lowest BCUT2D eigenvalue weighted by molar-refractivity contribution is -0.126. The van der Waals surface area contributed by atoms with Gasteiger partial charge in [0.05, 0.1) is 12.2 Å². The SMILES string of the molecule is COCc1ccc(C(=O)OCC(=O)NCC23CC4CC(CC(C4)C2)C3)cc1. The summed E-state index contributed by atoms with van der Waals surface area (Å²) in [6.45, 7) is 1.02. The number of hydrogen-bond acceptors (Lipinski definition) is 4. The van der Waals surface area contributed by atoms with Gasteiger partial charge in [-0.25, -0.2) is 4.79 Å². The minimum Gasteiger partial charge on any atom is -0.452 e. The molecular weight excluding hydrogens is 342 g/mol. The van der Waals surface area contributed by atoms with Gasteiger partial charge in [0.15, 0.2) is 6.61 Å². The molecule has 4 bridgehead atoms. The lowest BCUT2D eigenvalue weighted by Crippen LogP contribution is -2.51. The molecule has 0 heterocycles. The maximum Gasteiger partial charge on any atom is 0.338 e. The number of hydrogen-bond donors (Lipinski definition) is 1. The van der Waals surface area contributed by atoms with Crippen molar-refractivity contribution in [2.24, 2.45) is 23.2 Å². The van der Waals surface area contributed by atoms with Crippen LogP contribution < -0.4 is 5.32 Å². The van der Waals surface area contributed by atoms with Crippen LogP contribution in [0.15, 0.2) is 24.3 Å². The first-order chi connectivity index (χ1) is 13.0. The maximum atomic E-state index is 12.2. The smallest absolute Gasteiger partial charge is 0.338 e. The van der Waals surface area contributed by atoms with E-state index < -0.39 is 5.97 Å². The van der Waals surface area contributed by atoms with Crippen LogP contribution in [-0.4, -0.2) is 32.1 Å². The van der Waals surface area contributed by atoms with Crippen LogP contribution in [0.2, 0.25) is 0 Å². The number of amides is 1. The average Bonchev–Trinajstić information content (AvgIpc) is 2.64. The zero-order chi connectivity index (χ0) is 18.9. The molecule has 0 unspecified atom stereocenters. The fraction of sp³-hybridized carbons (Fsp3) is 0.636. The minimum absolute atomic E-state index is 0.199. The van der Waals surface area contributed by atoms with Gasteiger partial charge in [-0.3, -0.25) is 4.79 Å². The Balaban J connectivity index is 1.23. The van der Waals surface area contributed by atoms with Crippen LogP contribution in [0.3, 0.4) is 0 Å². The molecule has 5 rings (SSSR count). The molecule has 5 heteroatoms. The van der Waals surface area contributed by atoms with E-state index in [0.717, 1.165) is 29.9 Å². The molecule has 0 spiro atoms. The molecule has 5 nitrogen and oxygen atoms in total. The van der Waals surface area contributed by atoms with E-state index in [0.29, 0.717) is 17.6 Å². The van der Waals surface area contributed by atoms with E-state index in [9.17, 15) is 9.59 Å². The zero-order valence-electron chi connectivity index (χ0n) is 16.0. The number of benzene rings is 1. The van der Waals surface area contributed by atoms with Crippen molar-refractivity contribution in [3.8, 4) is 0 Å². The van der Waals surface area contributed by atoms with Gasteiger partial charge in [-0.1, -0.05) is 12.1 Å². The molecule has 0 saturated heterocycles. The van der Waals surface area contributed by atoms with E-state index in [2.05, 4.69) is 5.32 Å². The van der Waals surface area contributed by atoms with Gasteiger partial charge in [0.1, 0.15) is 0 Å². The first-order valence-corrected chi connectivity index (χ1v) is 10.1. The predicted octanol–water partition coefficient (Wildman–Crippen LogP) is 3.32. The topological polar surface area (TPSA) is 64.6 Å². The third-order valence-corrected chi connectivity index (χ3v) is 6.66. The zero-order valence-corrected chi connectivity index (χ0v) is 16.0. The van der Waals surface area contributed by atoms with Crippen molar-refractivity contribution in [1.82, 2.24) is 5.32 Å². The molecule has 4 aliphatic rings. The fourth-order valence-corrected chi connectivity index (χ4v) is 5.96. The van der Waals surface area contributed by atoms with Crippen molar-refractivity contribution in [2.75, 3.05) is 20.3 Å². The average molecular weight is 371 g/mol. The fourth-order valence-electron chi connectivity index (χ4n) is 5.96. The normalized spacial score (nSPS) is 30.9. The second-order valence-electron chi connectivity index (χ2n) is 8.90. The highest BCUT2D eigenvalue weighted by molar-refractivity contribution is 5.91. The molecule has 1 aromatic carbocycles. The summed E-state index contributed by atoms with van der Waals surface area (Å²) in [7, 11) is 1.63. The number of carbonyl (C=O) groups excluding carboxylic acids is 2. The number of methoxy groups -OCH3 is 1. The minimum atomic E-state index is -0.469. The van der Waals surface area contributed by atoms with E-state index in [1.807, 2.05) is 12.1 Å². The van der Waals surface area contributed by atoms with Gasteiger partial charge in [0.25, 0.3) is 5.91 Å². The Morgan fingerprint density at radius 2 is 1.63 bits per heavy atom. The van der Waals surface area contributed by atoms with Gasteiger partial charge in [-0.2, -0.15) is 0 Å². The van der Waals surface area contributed by atoms with E-state index in [1.54, 1.807) is 19.2 Å². The molecule has 4 fully saturated rings. The highest BCUT2D eigenvalue weighted by Crippen LogP contribution is 2.59. The quantitative estimate of drug-likeness (QED) is 0.747. The lowest BCUT2D eigenvalue weighted by atomic mass is 9.49. The largest absolute Gasteiger partial charge is 0.452 e. The predicted molar refractivity (Wildman–Crippen MR) is 101 cm³/mol. The molecule has 1 aromatic rings. The second kappa shape index (κ2) is 7.63. The Morgan fingerprint density at radius 1 is 1.04 bits per heavy atom. The number of nitrogens with one attached hydrogen (secondary N) is 1. The summed E-state index contributed by atoms with van der Waals surface area (Å²) in [5, 5.41) is 3.04. The summed E-state index contributed by atoms with van der Waals surface area (Å²) in [6, 6.07) is 7.05. The van der Waals surface area contributed by atoms with Gasteiger partial charge in [-0.05, 0) is 79.4 Å². The van der Waals surface area contributed by atoms with Crippen LogP contribution in [0.4, 0.5) is 0 Å². The van der Waals surface area contributed by atoms with Gasteiger partial charge in [-0.15, -0.1) is 0 Å². The van der Waals surface area contributed by atoms with Crippen molar-refractivity contribution < 1.29 is 19.1 Å². The van der Waals surface area contributed by atoms with Crippen LogP contribution >= 0.6 is 0 Å². The number of carbonyl (C=O) groups is 2. The molecule has 0 aliphatic heterocycles. The molecule has 1 amide bonds. The van der Waals surface area contributed by atoms with Crippen LogP contribution in [0.5, 0.6) is 0 Å². The first-order valence-electron chi connectivity index (χ1n) is 10.1. The Hall–Kier alpha value is -1.88. The van der Waals surface area contributed by atoms with E-state index >= 15 is 0 Å². The van der Waals surface area contributed by atoms with Crippen molar-refractivity contribution in [1.29, 1.82) is 0 Å². The standard InChI is InChI=1S/C22H29NO4/c1-26-12-15-2-4-19(5-3-15)21(25)27-13-20(24)23-14-22-9-16-6-17(10-22)8-18(7-16)11-22/h2-5,16-18H,6-14H2,1H3,(H,23,24). The van der Waals surface area contributed by atoms with E-state index in [1.165, 1.54) is 38.5 Å². The van der Waals surface area contributed by atoms with Gasteiger partial charge in [0.2, 0.25) is 0 Å². The highest BCUT2D eigenvalue weighted by atomic mass is 16.5. The Labute approximate surface area is 160 Å². The summed E-state index contributed by atoms with van der Waals surface area (Å²) in [6.07, 6.45) is 7.96. The van der Waals surface area contributed by atoms with Crippen molar-refractivity contribution in [3.05, 3.63) is 35.4 Å². The molecule has 0 aromatic heterocycles. The van der Waals surface area contributed by atoms with Crippen LogP contribution in [0.25, 0.3) is 0 Å². The van der Waals surface area contributed by atoms with Crippen LogP contribution in [-0.2, 0) is 20.9 Å². The summed E-state index contributed by atoms with van der Waals surface area (Å²) < 4.78 is 10.2. The van der Waals surface area contributed by atoms with Gasteiger partial charge in [0, 0.05) is 13.7 Å². The Kier molecular flexibility index (Phi) is 5.22. The molecule has 4 aliphatic carbocycles. The lowest BCUT2D eigenvalue weighted by Gasteiger charge is -2.56. The number of rotatable bonds is 7. The summed E-state index contributed by atoms with van der Waals surface area (Å²) in [5.74, 6) is 1.94. The van der Waals surface area contributed by atoms with Crippen LogP contribution in [0.1, 0.15) is 54.4 Å². The number of esters is 1. The molecular formula is C22H29NO4. The Bertz CT molecular complexity index is 661. The summed E-state index contributed by atoms with van der Waals surface area (Å²) >= 11 is 0. The van der Waals surface area contributed by atoms with Gasteiger partial charge < -0.3 is 14.8 Å². The van der Waals surface area contributed by atoms with Gasteiger partial charge >= 0.3 is 5.97 Å². The third-order valence-electron chi connectivity index (χ3n) is 6.66. The number of ether oxygens (including phenoxy) is 2. The monoisotopic (exact) mass is 371 g/mol. The molecule has 27 heavy (non-hydrogen) atoms. The van der Waals surface area contributed by atoms with Crippen molar-refractivity contribution in [3.63, 3.8) is 0 Å². The summed E-state index contributed by atoms with van der Waals surface area (Å²) in [4.78, 5) is 24.3. The molecule has 0 radical (unpaired) electrons. The van der Waals surface area contributed by atoms with Crippen LogP contribution in [0, 0.1) is 23.2 Å². The van der Waals surface area contributed by atoms with Crippen molar-refractivity contribution in [2.45, 2.75) is 45.1 Å². The Morgan fingerprint density at radius 3 is 2.19 bits per heavy atom. The van der Waals surface area contributed by atoms with Crippen molar-refractivity contribution >= 4 is 11.9 Å². The highest BCUT2D eigenvalue weighted by Gasteiger charge is 2.50. The maximum absolute atomic E-state index is 12.2. The third kappa shape index (κ3) is 4.18. The second-order valence-corrected chi connectivity index (χ2v) is 8.90. The summed E-state index contributed by atoms with van der Waals surface area (Å²) in [5.41, 5.74) is 1.73.